The third-order valence-electron chi connectivity index (χ3n) is 2.26. The van der Waals surface area contributed by atoms with Gasteiger partial charge in [0.15, 0.2) is 11.5 Å². The van der Waals surface area contributed by atoms with Crippen molar-refractivity contribution in [1.82, 2.24) is 4.72 Å². The lowest BCUT2D eigenvalue weighted by Gasteiger charge is -2.12. The van der Waals surface area contributed by atoms with Gasteiger partial charge in [0.25, 0.3) is 0 Å². The van der Waals surface area contributed by atoms with Gasteiger partial charge in [0, 0.05) is 19.2 Å². The summed E-state index contributed by atoms with van der Waals surface area (Å²) in [7, 11) is -3.56. The van der Waals surface area contributed by atoms with Crippen molar-refractivity contribution in [3.63, 3.8) is 0 Å². The van der Waals surface area contributed by atoms with Crippen molar-refractivity contribution >= 4 is 10.0 Å². The molecule has 3 N–H and O–H groups in total. The second kappa shape index (κ2) is 7.32. The summed E-state index contributed by atoms with van der Waals surface area (Å²) in [6, 6.07) is 4.52. The number of benzene rings is 1. The summed E-state index contributed by atoms with van der Waals surface area (Å²) in [5.41, 5.74) is 5.28. The van der Waals surface area contributed by atoms with Crippen LogP contribution < -0.4 is 19.9 Å². The molecule has 0 fully saturated rings. The van der Waals surface area contributed by atoms with Gasteiger partial charge in [0.05, 0.1) is 18.1 Å². The van der Waals surface area contributed by atoms with E-state index in [0.29, 0.717) is 24.7 Å². The van der Waals surface area contributed by atoms with E-state index >= 15 is 0 Å². The summed E-state index contributed by atoms with van der Waals surface area (Å²) in [6.45, 7) is 5.03. The highest BCUT2D eigenvalue weighted by Crippen LogP contribution is 2.30. The summed E-state index contributed by atoms with van der Waals surface area (Å²) in [4.78, 5) is 0.132. The zero-order chi connectivity index (χ0) is 14.3. The van der Waals surface area contributed by atoms with Crippen LogP contribution in [0.1, 0.15) is 13.8 Å². The van der Waals surface area contributed by atoms with E-state index in [-0.39, 0.29) is 18.0 Å². The van der Waals surface area contributed by atoms with Crippen molar-refractivity contribution in [2.45, 2.75) is 18.7 Å². The van der Waals surface area contributed by atoms with E-state index in [1.54, 1.807) is 6.07 Å². The molecule has 0 saturated carbocycles. The standard InChI is InChI=1S/C12H20N2O4S/c1-3-17-11-6-5-10(9-12(11)18-4-2)19(15,16)14-8-7-13/h5-6,9,14H,3-4,7-8,13H2,1-2H3. The molecule has 7 heteroatoms. The van der Waals surface area contributed by atoms with Gasteiger partial charge >= 0.3 is 0 Å². The Balaban J connectivity index is 3.06. The number of hydrogen-bond acceptors (Lipinski definition) is 5. The molecule has 0 heterocycles. The molecule has 1 aromatic rings. The topological polar surface area (TPSA) is 90.7 Å². The lowest BCUT2D eigenvalue weighted by atomic mass is 10.3. The van der Waals surface area contributed by atoms with Crippen LogP contribution in [0.5, 0.6) is 11.5 Å². The fraction of sp³-hybridized carbons (Fsp3) is 0.500. The number of hydrogen-bond donors (Lipinski definition) is 2. The van der Waals surface area contributed by atoms with E-state index in [0.717, 1.165) is 0 Å². The zero-order valence-electron chi connectivity index (χ0n) is 11.2. The van der Waals surface area contributed by atoms with Gasteiger partial charge in [0.1, 0.15) is 0 Å². The number of nitrogens with one attached hydrogen (secondary N) is 1. The van der Waals surface area contributed by atoms with Crippen molar-refractivity contribution in [3.8, 4) is 11.5 Å². The van der Waals surface area contributed by atoms with E-state index < -0.39 is 10.0 Å². The Morgan fingerprint density at radius 3 is 2.37 bits per heavy atom. The summed E-state index contributed by atoms with van der Waals surface area (Å²) in [5.74, 6) is 0.946. The third-order valence-corrected chi connectivity index (χ3v) is 3.72. The molecule has 19 heavy (non-hydrogen) atoms. The molecule has 0 aliphatic heterocycles. The van der Waals surface area contributed by atoms with Gasteiger partial charge in [-0.2, -0.15) is 0 Å². The Labute approximate surface area is 113 Å². The minimum atomic E-state index is -3.56. The Morgan fingerprint density at radius 2 is 1.79 bits per heavy atom. The Morgan fingerprint density at radius 1 is 1.16 bits per heavy atom. The minimum Gasteiger partial charge on any atom is -0.490 e. The van der Waals surface area contributed by atoms with Crippen molar-refractivity contribution in [1.29, 1.82) is 0 Å². The number of nitrogens with two attached hydrogens (primary N) is 1. The molecule has 0 aromatic heterocycles. The van der Waals surface area contributed by atoms with Crippen LogP contribution in [0.2, 0.25) is 0 Å². The molecule has 0 aliphatic carbocycles. The maximum absolute atomic E-state index is 12.0. The molecule has 0 atom stereocenters. The van der Waals surface area contributed by atoms with Crippen LogP contribution >= 0.6 is 0 Å². The highest BCUT2D eigenvalue weighted by molar-refractivity contribution is 7.89. The van der Waals surface area contributed by atoms with Crippen LogP contribution in [-0.2, 0) is 10.0 Å². The average Bonchev–Trinajstić information content (AvgIpc) is 2.39. The van der Waals surface area contributed by atoms with Crippen molar-refractivity contribution in [2.24, 2.45) is 5.73 Å². The fourth-order valence-corrected chi connectivity index (χ4v) is 2.54. The minimum absolute atomic E-state index is 0.132. The lowest BCUT2D eigenvalue weighted by Crippen LogP contribution is -2.29. The largest absolute Gasteiger partial charge is 0.490 e. The molecule has 1 rings (SSSR count). The zero-order valence-corrected chi connectivity index (χ0v) is 12.0. The first-order chi connectivity index (χ1) is 9.05. The van der Waals surface area contributed by atoms with Crippen LogP contribution in [0, 0.1) is 0 Å². The van der Waals surface area contributed by atoms with E-state index in [2.05, 4.69) is 4.72 Å². The Kier molecular flexibility index (Phi) is 6.07. The number of rotatable bonds is 8. The maximum Gasteiger partial charge on any atom is 0.240 e. The van der Waals surface area contributed by atoms with E-state index in [9.17, 15) is 8.42 Å². The summed E-state index contributed by atoms with van der Waals surface area (Å²) in [5, 5.41) is 0. The Bertz CT molecular complexity index is 502. The summed E-state index contributed by atoms with van der Waals surface area (Å²) < 4.78 is 37.1. The molecule has 0 spiro atoms. The van der Waals surface area contributed by atoms with Gasteiger partial charge in [-0.1, -0.05) is 0 Å². The molecule has 0 radical (unpaired) electrons. The Hall–Kier alpha value is -1.31. The quantitative estimate of drug-likeness (QED) is 0.735. The van der Waals surface area contributed by atoms with Crippen molar-refractivity contribution in [3.05, 3.63) is 18.2 Å². The predicted molar refractivity (Wildman–Crippen MR) is 73.0 cm³/mol. The molecule has 0 amide bonds. The lowest BCUT2D eigenvalue weighted by molar-refractivity contribution is 0.287. The highest BCUT2D eigenvalue weighted by atomic mass is 32.2. The molecule has 0 aliphatic rings. The van der Waals surface area contributed by atoms with Gasteiger partial charge in [-0.15, -0.1) is 0 Å². The molecule has 108 valence electrons. The second-order valence-corrected chi connectivity index (χ2v) is 5.43. The van der Waals surface area contributed by atoms with Crippen molar-refractivity contribution < 1.29 is 17.9 Å². The second-order valence-electron chi connectivity index (χ2n) is 3.66. The van der Waals surface area contributed by atoms with Crippen LogP contribution in [0.25, 0.3) is 0 Å². The van der Waals surface area contributed by atoms with Gasteiger partial charge in [-0.3, -0.25) is 0 Å². The van der Waals surface area contributed by atoms with Crippen LogP contribution in [0.15, 0.2) is 23.1 Å². The molecule has 0 unspecified atom stereocenters. The maximum atomic E-state index is 12.0. The van der Waals surface area contributed by atoms with Gasteiger partial charge in [-0.25, -0.2) is 13.1 Å². The average molecular weight is 288 g/mol. The molecular weight excluding hydrogens is 268 g/mol. The fourth-order valence-electron chi connectivity index (χ4n) is 1.48. The molecule has 0 bridgehead atoms. The summed E-state index contributed by atoms with van der Waals surface area (Å²) in [6.07, 6.45) is 0. The monoisotopic (exact) mass is 288 g/mol. The van der Waals surface area contributed by atoms with Crippen molar-refractivity contribution in [2.75, 3.05) is 26.3 Å². The smallest absolute Gasteiger partial charge is 0.240 e. The normalized spacial score (nSPS) is 11.3. The van der Waals surface area contributed by atoms with E-state index in [4.69, 9.17) is 15.2 Å². The predicted octanol–water partition coefficient (Wildman–Crippen LogP) is 0.721. The van der Waals surface area contributed by atoms with Crippen LogP contribution in [0.4, 0.5) is 0 Å². The summed E-state index contributed by atoms with van der Waals surface area (Å²) >= 11 is 0. The van der Waals surface area contributed by atoms with Gasteiger partial charge < -0.3 is 15.2 Å². The number of ether oxygens (including phenoxy) is 2. The van der Waals surface area contributed by atoms with Gasteiger partial charge in [0.2, 0.25) is 10.0 Å². The first-order valence-electron chi connectivity index (χ1n) is 6.14. The molecule has 6 nitrogen and oxygen atoms in total. The first kappa shape index (κ1) is 15.7. The molecule has 0 saturated heterocycles. The van der Waals surface area contributed by atoms with E-state index in [1.807, 2.05) is 13.8 Å². The highest BCUT2D eigenvalue weighted by Gasteiger charge is 2.16. The van der Waals surface area contributed by atoms with E-state index in [1.165, 1.54) is 12.1 Å². The number of sulfonamides is 1. The van der Waals surface area contributed by atoms with Crippen LogP contribution in [0.3, 0.4) is 0 Å². The van der Waals surface area contributed by atoms with Crippen LogP contribution in [-0.4, -0.2) is 34.7 Å². The first-order valence-corrected chi connectivity index (χ1v) is 7.62. The molecular formula is C12H20N2O4S. The SMILES string of the molecule is CCOc1ccc(S(=O)(=O)NCCN)cc1OCC. The molecule has 1 aromatic carbocycles. The third kappa shape index (κ3) is 4.38. The van der Waals surface area contributed by atoms with Gasteiger partial charge in [-0.05, 0) is 26.0 Å².